The minimum Gasteiger partial charge on any atom is -0.357 e. The Morgan fingerprint density at radius 2 is 1.85 bits per heavy atom. The van der Waals surface area contributed by atoms with E-state index in [-0.39, 0.29) is 29.9 Å². The van der Waals surface area contributed by atoms with Crippen LogP contribution in [-0.2, 0) is 24.4 Å². The lowest BCUT2D eigenvalue weighted by Crippen LogP contribution is -2.37. The van der Waals surface area contributed by atoms with Gasteiger partial charge in [-0.1, -0.05) is 36.4 Å². The normalized spacial score (nSPS) is 13.7. The fourth-order valence-corrected chi connectivity index (χ4v) is 3.85. The molecule has 0 radical (unpaired) electrons. The van der Waals surface area contributed by atoms with Gasteiger partial charge in [0.1, 0.15) is 0 Å². The SMILES string of the molecule is CCNC(=NCc1ccc(N2CCCC2=O)cc1)NCc1ccccc1Cn1cccn1.I. The summed E-state index contributed by atoms with van der Waals surface area (Å²) >= 11 is 0. The molecular weight excluding hydrogens is 527 g/mol. The van der Waals surface area contributed by atoms with Crippen LogP contribution in [0.15, 0.2) is 72.0 Å². The van der Waals surface area contributed by atoms with E-state index in [9.17, 15) is 4.79 Å². The van der Waals surface area contributed by atoms with E-state index in [1.807, 2.05) is 46.1 Å². The highest BCUT2D eigenvalue weighted by Gasteiger charge is 2.21. The number of amides is 1. The molecule has 0 atom stereocenters. The minimum atomic E-state index is 0. The van der Waals surface area contributed by atoms with Gasteiger partial charge in [-0.3, -0.25) is 9.48 Å². The molecule has 0 bridgehead atoms. The number of anilines is 1. The summed E-state index contributed by atoms with van der Waals surface area (Å²) in [7, 11) is 0. The van der Waals surface area contributed by atoms with E-state index in [2.05, 4.69) is 46.9 Å². The van der Waals surface area contributed by atoms with Crippen molar-refractivity contribution in [2.24, 2.45) is 4.99 Å². The number of hydrogen-bond donors (Lipinski definition) is 2. The second kappa shape index (κ2) is 12.4. The smallest absolute Gasteiger partial charge is 0.227 e. The number of aliphatic imine (C=N–C) groups is 1. The van der Waals surface area contributed by atoms with Gasteiger partial charge in [-0.05, 0) is 48.2 Å². The van der Waals surface area contributed by atoms with Crippen LogP contribution in [0.5, 0.6) is 0 Å². The van der Waals surface area contributed by atoms with Crippen LogP contribution in [0, 0.1) is 0 Å². The first-order valence-corrected chi connectivity index (χ1v) is 11.2. The summed E-state index contributed by atoms with van der Waals surface area (Å²) in [4.78, 5) is 18.5. The lowest BCUT2D eigenvalue weighted by molar-refractivity contribution is -0.117. The van der Waals surface area contributed by atoms with Gasteiger partial charge < -0.3 is 15.5 Å². The molecule has 2 heterocycles. The van der Waals surface area contributed by atoms with Gasteiger partial charge >= 0.3 is 0 Å². The van der Waals surface area contributed by atoms with Crippen LogP contribution < -0.4 is 15.5 Å². The standard InChI is InChI=1S/C25H30N6O.HI/c1-2-26-25(27-17-20-10-12-23(13-11-20)31-16-5-9-24(31)32)28-18-21-7-3-4-8-22(21)19-30-15-6-14-29-30;/h3-4,6-8,10-15H,2,5,9,16-19H2,1H3,(H2,26,27,28);1H. The first-order chi connectivity index (χ1) is 15.7. The molecule has 2 N–H and O–H groups in total. The molecule has 174 valence electrons. The molecule has 0 aliphatic carbocycles. The molecule has 2 aromatic carbocycles. The van der Waals surface area contributed by atoms with Gasteiger partial charge in [-0.2, -0.15) is 5.10 Å². The van der Waals surface area contributed by atoms with Crippen molar-refractivity contribution in [1.82, 2.24) is 20.4 Å². The van der Waals surface area contributed by atoms with Crippen molar-refractivity contribution < 1.29 is 4.79 Å². The topological polar surface area (TPSA) is 74.6 Å². The highest BCUT2D eigenvalue weighted by Crippen LogP contribution is 2.21. The number of guanidine groups is 1. The van der Waals surface area contributed by atoms with E-state index in [0.717, 1.165) is 43.3 Å². The highest BCUT2D eigenvalue weighted by atomic mass is 127. The van der Waals surface area contributed by atoms with Gasteiger partial charge in [0.15, 0.2) is 5.96 Å². The third-order valence-electron chi connectivity index (χ3n) is 5.54. The first kappa shape index (κ1) is 24.8. The molecule has 1 fully saturated rings. The number of benzene rings is 2. The molecule has 1 aromatic heterocycles. The van der Waals surface area contributed by atoms with Gasteiger partial charge in [0, 0.05) is 44.1 Å². The van der Waals surface area contributed by atoms with E-state index in [1.54, 1.807) is 6.20 Å². The Labute approximate surface area is 212 Å². The number of hydrogen-bond acceptors (Lipinski definition) is 3. The van der Waals surface area contributed by atoms with Gasteiger partial charge in [0.2, 0.25) is 5.91 Å². The van der Waals surface area contributed by atoms with Crippen LogP contribution in [0.25, 0.3) is 0 Å². The number of carbonyl (C=O) groups is 1. The molecule has 1 aliphatic rings. The summed E-state index contributed by atoms with van der Waals surface area (Å²) in [6, 6.07) is 18.4. The van der Waals surface area contributed by atoms with Crippen molar-refractivity contribution in [3.05, 3.63) is 83.7 Å². The van der Waals surface area contributed by atoms with Crippen LogP contribution in [-0.4, -0.2) is 34.7 Å². The molecule has 8 heteroatoms. The minimum absolute atomic E-state index is 0. The van der Waals surface area contributed by atoms with Crippen molar-refractivity contribution in [3.63, 3.8) is 0 Å². The maximum Gasteiger partial charge on any atom is 0.227 e. The van der Waals surface area contributed by atoms with E-state index in [1.165, 1.54) is 11.1 Å². The molecule has 1 aliphatic heterocycles. The predicted molar refractivity (Wildman–Crippen MR) is 143 cm³/mol. The number of nitrogens with zero attached hydrogens (tertiary/aromatic N) is 4. The van der Waals surface area contributed by atoms with E-state index in [4.69, 9.17) is 4.99 Å². The van der Waals surface area contributed by atoms with E-state index in [0.29, 0.717) is 19.5 Å². The number of rotatable bonds is 8. The zero-order valence-electron chi connectivity index (χ0n) is 18.9. The number of aromatic nitrogens is 2. The number of nitrogens with one attached hydrogen (secondary N) is 2. The molecule has 0 unspecified atom stereocenters. The maximum absolute atomic E-state index is 11.9. The van der Waals surface area contributed by atoms with Crippen molar-refractivity contribution in [3.8, 4) is 0 Å². The monoisotopic (exact) mass is 558 g/mol. The van der Waals surface area contributed by atoms with Crippen molar-refractivity contribution in [2.75, 3.05) is 18.0 Å². The lowest BCUT2D eigenvalue weighted by atomic mass is 10.1. The molecular formula is C25H31IN6O. The fourth-order valence-electron chi connectivity index (χ4n) is 3.85. The van der Waals surface area contributed by atoms with Crippen LogP contribution in [0.4, 0.5) is 5.69 Å². The average Bonchev–Trinajstić information content (AvgIpc) is 3.49. The molecule has 0 saturated carbocycles. The van der Waals surface area contributed by atoms with Gasteiger partial charge in [0.05, 0.1) is 13.1 Å². The fraction of sp³-hybridized carbons (Fsp3) is 0.320. The molecule has 7 nitrogen and oxygen atoms in total. The van der Waals surface area contributed by atoms with Crippen molar-refractivity contribution in [2.45, 2.75) is 39.4 Å². The summed E-state index contributed by atoms with van der Waals surface area (Å²) in [5.74, 6) is 0.988. The Balaban J connectivity index is 0.00000306. The second-order valence-electron chi connectivity index (χ2n) is 7.84. The van der Waals surface area contributed by atoms with Crippen molar-refractivity contribution in [1.29, 1.82) is 0 Å². The van der Waals surface area contributed by atoms with Crippen LogP contribution in [0.1, 0.15) is 36.5 Å². The van der Waals surface area contributed by atoms with E-state index < -0.39 is 0 Å². The third kappa shape index (κ3) is 6.80. The van der Waals surface area contributed by atoms with Crippen LogP contribution >= 0.6 is 24.0 Å². The summed E-state index contributed by atoms with van der Waals surface area (Å²) in [6.45, 7) is 5.65. The summed E-state index contributed by atoms with van der Waals surface area (Å²) in [5.41, 5.74) is 4.52. The second-order valence-corrected chi connectivity index (χ2v) is 7.84. The largest absolute Gasteiger partial charge is 0.357 e. The van der Waals surface area contributed by atoms with Gasteiger partial charge in [-0.15, -0.1) is 24.0 Å². The quantitative estimate of drug-likeness (QED) is 0.250. The highest BCUT2D eigenvalue weighted by molar-refractivity contribution is 14.0. The summed E-state index contributed by atoms with van der Waals surface area (Å²) in [5, 5.41) is 11.1. The maximum atomic E-state index is 11.9. The zero-order valence-corrected chi connectivity index (χ0v) is 21.2. The molecule has 3 aromatic rings. The number of carbonyl (C=O) groups excluding carboxylic acids is 1. The third-order valence-corrected chi connectivity index (χ3v) is 5.54. The average molecular weight is 558 g/mol. The Kier molecular flexibility index (Phi) is 9.29. The molecule has 33 heavy (non-hydrogen) atoms. The Bertz CT molecular complexity index is 1050. The lowest BCUT2D eigenvalue weighted by Gasteiger charge is -2.16. The Morgan fingerprint density at radius 1 is 1.06 bits per heavy atom. The molecule has 4 rings (SSSR count). The van der Waals surface area contributed by atoms with Crippen LogP contribution in [0.3, 0.4) is 0 Å². The molecule has 1 saturated heterocycles. The molecule has 0 spiro atoms. The summed E-state index contributed by atoms with van der Waals surface area (Å²) < 4.78 is 1.93. The van der Waals surface area contributed by atoms with Gasteiger partial charge in [0.25, 0.3) is 0 Å². The van der Waals surface area contributed by atoms with E-state index >= 15 is 0 Å². The van der Waals surface area contributed by atoms with Crippen molar-refractivity contribution >= 4 is 41.5 Å². The Morgan fingerprint density at radius 3 is 2.52 bits per heavy atom. The number of halogens is 1. The summed E-state index contributed by atoms with van der Waals surface area (Å²) in [6.07, 6.45) is 5.36. The zero-order chi connectivity index (χ0) is 22.2. The van der Waals surface area contributed by atoms with Crippen LogP contribution in [0.2, 0.25) is 0 Å². The predicted octanol–water partition coefficient (Wildman–Crippen LogP) is 3.93. The Hall–Kier alpha value is -2.88. The van der Waals surface area contributed by atoms with Gasteiger partial charge in [-0.25, -0.2) is 4.99 Å². The first-order valence-electron chi connectivity index (χ1n) is 11.2. The molecule has 1 amide bonds.